The number of carboxylic acids is 1. The van der Waals surface area contributed by atoms with Crippen LogP contribution >= 0.6 is 0 Å². The Morgan fingerprint density at radius 1 is 1.25 bits per heavy atom. The van der Waals surface area contributed by atoms with Crippen molar-refractivity contribution in [3.05, 3.63) is 0 Å². The molecule has 0 heterocycles. The number of nitrogens with one attached hydrogen (secondary N) is 2. The van der Waals surface area contributed by atoms with E-state index >= 15 is 0 Å². The molecule has 0 aliphatic heterocycles. The fourth-order valence-electron chi connectivity index (χ4n) is 2.40. The van der Waals surface area contributed by atoms with Gasteiger partial charge in [-0.3, -0.25) is 4.79 Å². The van der Waals surface area contributed by atoms with Crippen molar-refractivity contribution in [2.24, 2.45) is 5.41 Å². The summed E-state index contributed by atoms with van der Waals surface area (Å²) in [7, 11) is 0. The van der Waals surface area contributed by atoms with Gasteiger partial charge < -0.3 is 20.8 Å². The van der Waals surface area contributed by atoms with Crippen LogP contribution in [0.4, 0.5) is 4.79 Å². The van der Waals surface area contributed by atoms with Crippen LogP contribution in [0, 0.1) is 5.41 Å². The molecule has 20 heavy (non-hydrogen) atoms. The first-order chi connectivity index (χ1) is 9.20. The minimum atomic E-state index is -0.942. The predicted molar refractivity (Wildman–Crippen MR) is 75.4 cm³/mol. The lowest BCUT2D eigenvalue weighted by atomic mass is 9.85. The molecule has 3 unspecified atom stereocenters. The summed E-state index contributed by atoms with van der Waals surface area (Å²) < 4.78 is 0. The van der Waals surface area contributed by atoms with Crippen LogP contribution in [0.1, 0.15) is 52.9 Å². The van der Waals surface area contributed by atoms with Crippen LogP contribution in [0.15, 0.2) is 0 Å². The molecule has 4 N–H and O–H groups in total. The molecule has 1 rings (SSSR count). The van der Waals surface area contributed by atoms with Crippen LogP contribution in [0.25, 0.3) is 0 Å². The van der Waals surface area contributed by atoms with Gasteiger partial charge in [-0.05, 0) is 18.3 Å². The zero-order valence-corrected chi connectivity index (χ0v) is 12.5. The molecule has 0 spiro atoms. The van der Waals surface area contributed by atoms with Gasteiger partial charge in [-0.15, -0.1) is 0 Å². The Morgan fingerprint density at radius 2 is 1.85 bits per heavy atom. The van der Waals surface area contributed by atoms with Gasteiger partial charge in [0.05, 0.1) is 18.6 Å². The standard InChI is InChI=1S/C14H26N2O4/c1-14(2,3)11(8-12(18)19)16-13(20)15-9-6-4-5-7-10(9)17/h9-11,17H,4-8H2,1-3H3,(H,18,19)(H2,15,16,20). The normalized spacial score (nSPS) is 24.8. The van der Waals surface area contributed by atoms with Gasteiger partial charge in [-0.2, -0.15) is 0 Å². The largest absolute Gasteiger partial charge is 0.481 e. The molecule has 0 aromatic heterocycles. The average molecular weight is 286 g/mol. The summed E-state index contributed by atoms with van der Waals surface area (Å²) >= 11 is 0. The minimum absolute atomic E-state index is 0.121. The number of carboxylic acid groups (broad SMARTS) is 1. The van der Waals surface area contributed by atoms with Gasteiger partial charge in [-0.25, -0.2) is 4.79 Å². The quantitative estimate of drug-likeness (QED) is 0.629. The molecule has 1 aliphatic rings. The fourth-order valence-corrected chi connectivity index (χ4v) is 2.40. The van der Waals surface area contributed by atoms with Crippen molar-refractivity contribution in [3.8, 4) is 0 Å². The number of amides is 2. The van der Waals surface area contributed by atoms with E-state index in [1.165, 1.54) is 0 Å². The lowest BCUT2D eigenvalue weighted by Crippen LogP contribution is -2.54. The molecule has 1 saturated carbocycles. The SMILES string of the molecule is CC(C)(C)C(CC(=O)O)NC(=O)NC1CCCCC1O. The van der Waals surface area contributed by atoms with Gasteiger partial charge in [0.15, 0.2) is 0 Å². The number of aliphatic carboxylic acids is 1. The molecule has 0 aromatic carbocycles. The number of rotatable bonds is 4. The second-order valence-electron chi connectivity index (χ2n) is 6.59. The number of aliphatic hydroxyl groups is 1. The Bertz CT molecular complexity index is 352. The van der Waals surface area contributed by atoms with E-state index in [9.17, 15) is 14.7 Å². The number of carbonyl (C=O) groups excluding carboxylic acids is 1. The Balaban J connectivity index is 2.55. The van der Waals surface area contributed by atoms with Gasteiger partial charge in [0.25, 0.3) is 0 Å². The molecule has 116 valence electrons. The lowest BCUT2D eigenvalue weighted by Gasteiger charge is -2.33. The van der Waals surface area contributed by atoms with Crippen molar-refractivity contribution in [3.63, 3.8) is 0 Å². The summed E-state index contributed by atoms with van der Waals surface area (Å²) in [5.41, 5.74) is -0.346. The van der Waals surface area contributed by atoms with E-state index in [0.717, 1.165) is 19.3 Å². The van der Waals surface area contributed by atoms with Crippen molar-refractivity contribution in [2.45, 2.75) is 71.1 Å². The van der Waals surface area contributed by atoms with Crippen molar-refractivity contribution >= 4 is 12.0 Å². The molecule has 1 aliphatic carbocycles. The maximum atomic E-state index is 12.0. The van der Waals surface area contributed by atoms with E-state index in [-0.39, 0.29) is 17.9 Å². The first-order valence-corrected chi connectivity index (χ1v) is 7.17. The predicted octanol–water partition coefficient (Wildman–Crippen LogP) is 1.48. The fraction of sp³-hybridized carbons (Fsp3) is 0.857. The molecular formula is C14H26N2O4. The molecule has 2 amide bonds. The molecule has 0 radical (unpaired) electrons. The van der Waals surface area contributed by atoms with Crippen molar-refractivity contribution < 1.29 is 19.8 Å². The Labute approximate surface area is 119 Å². The molecular weight excluding hydrogens is 260 g/mol. The molecule has 0 saturated heterocycles. The molecule has 0 bridgehead atoms. The van der Waals surface area contributed by atoms with E-state index < -0.39 is 24.1 Å². The van der Waals surface area contributed by atoms with E-state index in [0.29, 0.717) is 6.42 Å². The number of hydrogen-bond acceptors (Lipinski definition) is 3. The van der Waals surface area contributed by atoms with Gasteiger partial charge in [-0.1, -0.05) is 33.6 Å². The first kappa shape index (κ1) is 16.8. The van der Waals surface area contributed by atoms with Crippen molar-refractivity contribution in [1.82, 2.24) is 10.6 Å². The van der Waals surface area contributed by atoms with Crippen molar-refractivity contribution in [1.29, 1.82) is 0 Å². The second kappa shape index (κ2) is 6.92. The summed E-state index contributed by atoms with van der Waals surface area (Å²) in [6.07, 6.45) is 2.78. The highest BCUT2D eigenvalue weighted by atomic mass is 16.4. The highest BCUT2D eigenvalue weighted by Gasteiger charge is 2.30. The Hall–Kier alpha value is -1.30. The average Bonchev–Trinajstić information content (AvgIpc) is 2.29. The topological polar surface area (TPSA) is 98.7 Å². The Morgan fingerprint density at radius 3 is 2.35 bits per heavy atom. The highest BCUT2D eigenvalue weighted by molar-refractivity contribution is 5.76. The van der Waals surface area contributed by atoms with E-state index in [2.05, 4.69) is 10.6 Å². The molecule has 0 aromatic rings. The molecule has 6 heteroatoms. The zero-order chi connectivity index (χ0) is 15.3. The van der Waals surface area contributed by atoms with Crippen LogP contribution in [0.5, 0.6) is 0 Å². The van der Waals surface area contributed by atoms with Gasteiger partial charge >= 0.3 is 12.0 Å². The highest BCUT2D eigenvalue weighted by Crippen LogP contribution is 2.22. The van der Waals surface area contributed by atoms with E-state index in [1.54, 1.807) is 0 Å². The van der Waals surface area contributed by atoms with Crippen LogP contribution < -0.4 is 10.6 Å². The minimum Gasteiger partial charge on any atom is -0.481 e. The van der Waals surface area contributed by atoms with Crippen molar-refractivity contribution in [2.75, 3.05) is 0 Å². The molecule has 3 atom stereocenters. The maximum absolute atomic E-state index is 12.0. The lowest BCUT2D eigenvalue weighted by molar-refractivity contribution is -0.138. The molecule has 1 fully saturated rings. The van der Waals surface area contributed by atoms with Gasteiger partial charge in [0.2, 0.25) is 0 Å². The molecule has 6 nitrogen and oxygen atoms in total. The number of urea groups is 1. The second-order valence-corrected chi connectivity index (χ2v) is 6.59. The summed E-state index contributed by atoms with van der Waals surface area (Å²) in [6.45, 7) is 5.66. The summed E-state index contributed by atoms with van der Waals surface area (Å²) in [4.78, 5) is 22.8. The summed E-state index contributed by atoms with van der Waals surface area (Å²) in [6, 6.07) is -1.10. The van der Waals surface area contributed by atoms with Crippen LogP contribution in [0.2, 0.25) is 0 Å². The first-order valence-electron chi connectivity index (χ1n) is 7.17. The van der Waals surface area contributed by atoms with E-state index in [1.807, 2.05) is 20.8 Å². The van der Waals surface area contributed by atoms with E-state index in [4.69, 9.17) is 5.11 Å². The van der Waals surface area contributed by atoms with Crippen LogP contribution in [0.3, 0.4) is 0 Å². The number of hydrogen-bond donors (Lipinski definition) is 4. The summed E-state index contributed by atoms with van der Waals surface area (Å²) in [5.74, 6) is -0.942. The third-order valence-corrected chi connectivity index (χ3v) is 3.78. The Kier molecular flexibility index (Phi) is 5.80. The zero-order valence-electron chi connectivity index (χ0n) is 12.5. The smallest absolute Gasteiger partial charge is 0.315 e. The van der Waals surface area contributed by atoms with Gasteiger partial charge in [0.1, 0.15) is 0 Å². The summed E-state index contributed by atoms with van der Waals surface area (Å²) in [5, 5.41) is 24.2. The third kappa shape index (κ3) is 5.36. The van der Waals surface area contributed by atoms with Crippen LogP contribution in [-0.4, -0.2) is 40.4 Å². The number of carbonyl (C=O) groups is 2. The maximum Gasteiger partial charge on any atom is 0.315 e. The van der Waals surface area contributed by atoms with Gasteiger partial charge in [0, 0.05) is 6.04 Å². The third-order valence-electron chi connectivity index (χ3n) is 3.78. The van der Waals surface area contributed by atoms with Crippen LogP contribution in [-0.2, 0) is 4.79 Å². The monoisotopic (exact) mass is 286 g/mol. The number of aliphatic hydroxyl groups excluding tert-OH is 1.